The maximum absolute atomic E-state index is 13.9. The van der Waals surface area contributed by atoms with Crippen LogP contribution in [0.2, 0.25) is 0 Å². The van der Waals surface area contributed by atoms with E-state index in [4.69, 9.17) is 4.74 Å². The van der Waals surface area contributed by atoms with Gasteiger partial charge < -0.3 is 10.1 Å². The van der Waals surface area contributed by atoms with Gasteiger partial charge in [-0.15, -0.1) is 0 Å². The molecule has 0 saturated heterocycles. The first-order chi connectivity index (χ1) is 10.2. The van der Waals surface area contributed by atoms with Crippen LogP contribution in [0, 0.1) is 11.6 Å². The second-order valence-corrected chi connectivity index (χ2v) is 6.05. The molecule has 112 valence electrons. The summed E-state index contributed by atoms with van der Waals surface area (Å²) in [4.78, 5) is 0. The zero-order chi connectivity index (χ0) is 14.7. The highest BCUT2D eigenvalue weighted by atomic mass is 32.1. The molecule has 3 rings (SSSR count). The highest BCUT2D eigenvalue weighted by Gasteiger charge is 2.20. The summed E-state index contributed by atoms with van der Waals surface area (Å²) in [6.07, 6.45) is 2.94. The molecular formula is C16H17F2NOS. The highest BCUT2D eigenvalue weighted by molar-refractivity contribution is 7.07. The van der Waals surface area contributed by atoms with Gasteiger partial charge in [-0.05, 0) is 52.9 Å². The molecule has 0 bridgehead atoms. The SMILES string of the molecule is Fc1cc(CNC2CC2)cc(F)c1OCCc1ccsc1. The van der Waals surface area contributed by atoms with Crippen LogP contribution < -0.4 is 10.1 Å². The summed E-state index contributed by atoms with van der Waals surface area (Å²) >= 11 is 1.60. The lowest BCUT2D eigenvalue weighted by Crippen LogP contribution is -2.15. The van der Waals surface area contributed by atoms with Gasteiger partial charge in [-0.25, -0.2) is 8.78 Å². The average Bonchev–Trinajstić information content (AvgIpc) is 3.14. The Morgan fingerprint density at radius 2 is 1.95 bits per heavy atom. The largest absolute Gasteiger partial charge is 0.487 e. The van der Waals surface area contributed by atoms with Gasteiger partial charge in [0.15, 0.2) is 17.4 Å². The van der Waals surface area contributed by atoms with Crippen molar-refractivity contribution >= 4 is 11.3 Å². The Bertz CT molecular complexity index is 573. The minimum absolute atomic E-state index is 0.268. The molecule has 2 nitrogen and oxygen atoms in total. The predicted molar refractivity (Wildman–Crippen MR) is 79.7 cm³/mol. The topological polar surface area (TPSA) is 21.3 Å². The Balaban J connectivity index is 1.58. The first-order valence-corrected chi connectivity index (χ1v) is 8.02. The fourth-order valence-corrected chi connectivity index (χ4v) is 2.81. The third-order valence-corrected chi connectivity index (χ3v) is 4.18. The first-order valence-electron chi connectivity index (χ1n) is 7.07. The summed E-state index contributed by atoms with van der Waals surface area (Å²) in [6, 6.07) is 5.18. The molecule has 21 heavy (non-hydrogen) atoms. The number of rotatable bonds is 7. The molecule has 1 aliphatic rings. The standard InChI is InChI=1S/C16H17F2NOS/c17-14-7-12(9-19-13-1-2-13)8-15(18)16(14)20-5-3-11-4-6-21-10-11/h4,6-8,10,13,19H,1-3,5,9H2. The van der Waals surface area contributed by atoms with Crippen LogP contribution in [-0.4, -0.2) is 12.6 Å². The van der Waals surface area contributed by atoms with Crippen molar-refractivity contribution in [1.82, 2.24) is 5.32 Å². The smallest absolute Gasteiger partial charge is 0.190 e. The van der Waals surface area contributed by atoms with E-state index < -0.39 is 11.6 Å². The van der Waals surface area contributed by atoms with Crippen LogP contribution in [0.5, 0.6) is 5.75 Å². The van der Waals surface area contributed by atoms with E-state index >= 15 is 0 Å². The lowest BCUT2D eigenvalue weighted by molar-refractivity contribution is 0.288. The van der Waals surface area contributed by atoms with Gasteiger partial charge in [-0.2, -0.15) is 11.3 Å². The molecule has 0 aliphatic heterocycles. The quantitative estimate of drug-likeness (QED) is 0.837. The van der Waals surface area contributed by atoms with E-state index in [1.54, 1.807) is 11.3 Å². The van der Waals surface area contributed by atoms with Gasteiger partial charge in [0.25, 0.3) is 0 Å². The van der Waals surface area contributed by atoms with Crippen molar-refractivity contribution in [2.24, 2.45) is 0 Å². The van der Waals surface area contributed by atoms with Crippen molar-refractivity contribution in [3.8, 4) is 5.75 Å². The van der Waals surface area contributed by atoms with E-state index in [1.807, 2.05) is 16.8 Å². The summed E-state index contributed by atoms with van der Waals surface area (Å²) in [6.45, 7) is 0.762. The average molecular weight is 309 g/mol. The van der Waals surface area contributed by atoms with Crippen molar-refractivity contribution in [3.05, 3.63) is 51.7 Å². The molecule has 0 atom stereocenters. The van der Waals surface area contributed by atoms with Gasteiger partial charge in [0.1, 0.15) is 0 Å². The molecule has 0 amide bonds. The highest BCUT2D eigenvalue weighted by Crippen LogP contribution is 2.25. The van der Waals surface area contributed by atoms with E-state index in [0.29, 0.717) is 24.6 Å². The Hall–Kier alpha value is -1.46. The van der Waals surface area contributed by atoms with Crippen molar-refractivity contribution in [2.75, 3.05) is 6.61 Å². The van der Waals surface area contributed by atoms with Gasteiger partial charge in [-0.3, -0.25) is 0 Å². The molecule has 1 aromatic heterocycles. The number of halogens is 2. The van der Waals surface area contributed by atoms with E-state index in [0.717, 1.165) is 18.4 Å². The second-order valence-electron chi connectivity index (χ2n) is 5.27. The van der Waals surface area contributed by atoms with E-state index in [-0.39, 0.29) is 12.4 Å². The molecule has 0 radical (unpaired) electrons. The molecule has 2 aromatic rings. The van der Waals surface area contributed by atoms with E-state index in [1.165, 1.54) is 12.1 Å². The summed E-state index contributed by atoms with van der Waals surface area (Å²) in [5, 5.41) is 7.21. The Morgan fingerprint density at radius 1 is 1.19 bits per heavy atom. The lowest BCUT2D eigenvalue weighted by atomic mass is 10.2. The zero-order valence-electron chi connectivity index (χ0n) is 11.6. The van der Waals surface area contributed by atoms with E-state index in [9.17, 15) is 8.78 Å². The first kappa shape index (κ1) is 14.5. The molecule has 1 N–H and O–H groups in total. The van der Waals surface area contributed by atoms with Crippen LogP contribution in [0.4, 0.5) is 8.78 Å². The molecule has 0 unspecified atom stereocenters. The van der Waals surface area contributed by atoms with Crippen molar-refractivity contribution in [3.63, 3.8) is 0 Å². The van der Waals surface area contributed by atoms with Gasteiger partial charge in [0.2, 0.25) is 0 Å². The van der Waals surface area contributed by atoms with Crippen molar-refractivity contribution in [1.29, 1.82) is 0 Å². The Kier molecular flexibility index (Phi) is 4.51. The predicted octanol–water partition coefficient (Wildman–Crippen LogP) is 3.90. The summed E-state index contributed by atoms with van der Waals surface area (Å²) in [5.74, 6) is -1.54. The van der Waals surface area contributed by atoms with Crippen LogP contribution in [0.3, 0.4) is 0 Å². The van der Waals surface area contributed by atoms with Crippen molar-refractivity contribution in [2.45, 2.75) is 31.8 Å². The van der Waals surface area contributed by atoms with Gasteiger partial charge >= 0.3 is 0 Å². The summed E-state index contributed by atoms with van der Waals surface area (Å²) in [5.41, 5.74) is 1.73. The molecular weight excluding hydrogens is 292 g/mol. The monoisotopic (exact) mass is 309 g/mol. The van der Waals surface area contributed by atoms with Crippen LogP contribution in [0.1, 0.15) is 24.0 Å². The Morgan fingerprint density at radius 3 is 2.57 bits per heavy atom. The van der Waals surface area contributed by atoms with Crippen LogP contribution >= 0.6 is 11.3 Å². The fraction of sp³-hybridized carbons (Fsp3) is 0.375. The molecule has 1 heterocycles. The summed E-state index contributed by atoms with van der Waals surface area (Å²) < 4.78 is 33.1. The van der Waals surface area contributed by atoms with Gasteiger partial charge in [-0.1, -0.05) is 0 Å². The number of nitrogens with one attached hydrogen (secondary N) is 1. The zero-order valence-corrected chi connectivity index (χ0v) is 12.4. The molecule has 0 spiro atoms. The minimum Gasteiger partial charge on any atom is -0.487 e. The normalized spacial score (nSPS) is 14.4. The van der Waals surface area contributed by atoms with Crippen LogP contribution in [-0.2, 0) is 13.0 Å². The maximum atomic E-state index is 13.9. The van der Waals surface area contributed by atoms with Crippen LogP contribution in [0.25, 0.3) is 0 Å². The number of benzene rings is 1. The second kappa shape index (κ2) is 6.54. The summed E-state index contributed by atoms with van der Waals surface area (Å²) in [7, 11) is 0. The number of hydrogen-bond donors (Lipinski definition) is 1. The third kappa shape index (κ3) is 4.02. The molecule has 1 saturated carbocycles. The lowest BCUT2D eigenvalue weighted by Gasteiger charge is -2.10. The molecule has 1 aliphatic carbocycles. The molecule has 5 heteroatoms. The fourth-order valence-electron chi connectivity index (χ4n) is 2.11. The minimum atomic E-state index is -0.632. The maximum Gasteiger partial charge on any atom is 0.190 e. The van der Waals surface area contributed by atoms with E-state index in [2.05, 4.69) is 5.32 Å². The van der Waals surface area contributed by atoms with Crippen LogP contribution in [0.15, 0.2) is 29.0 Å². The molecule has 1 aromatic carbocycles. The van der Waals surface area contributed by atoms with Gasteiger partial charge in [0, 0.05) is 19.0 Å². The van der Waals surface area contributed by atoms with Gasteiger partial charge in [0.05, 0.1) is 6.61 Å². The number of thiophene rings is 1. The third-order valence-electron chi connectivity index (χ3n) is 3.45. The molecule has 1 fully saturated rings. The number of hydrogen-bond acceptors (Lipinski definition) is 3. The van der Waals surface area contributed by atoms with Crippen molar-refractivity contribution < 1.29 is 13.5 Å². The Labute approximate surface area is 126 Å². The number of ether oxygens (including phenoxy) is 1.